The highest BCUT2D eigenvalue weighted by Gasteiger charge is 2.30. The van der Waals surface area contributed by atoms with Gasteiger partial charge in [0.2, 0.25) is 0 Å². The number of nitrogens with zero attached hydrogens (tertiary/aromatic N) is 1. The summed E-state index contributed by atoms with van der Waals surface area (Å²) >= 11 is 0. The van der Waals surface area contributed by atoms with Crippen molar-refractivity contribution in [2.45, 2.75) is 64.3 Å². The molecular formula is C26H32N2O5. The molecule has 0 aliphatic carbocycles. The van der Waals surface area contributed by atoms with Gasteiger partial charge in [-0.2, -0.15) is 0 Å². The maximum Gasteiger partial charge on any atom is 0.408 e. The molecule has 0 radical (unpaired) electrons. The third-order valence-corrected chi connectivity index (χ3v) is 5.89. The van der Waals surface area contributed by atoms with Crippen LogP contribution in [0.5, 0.6) is 0 Å². The third kappa shape index (κ3) is 7.34. The average Bonchev–Trinajstić information content (AvgIpc) is 2.82. The number of benzene rings is 2. The average molecular weight is 453 g/mol. The van der Waals surface area contributed by atoms with Gasteiger partial charge in [0.1, 0.15) is 12.6 Å². The lowest BCUT2D eigenvalue weighted by Gasteiger charge is -2.38. The fourth-order valence-corrected chi connectivity index (χ4v) is 4.17. The van der Waals surface area contributed by atoms with Gasteiger partial charge >= 0.3 is 12.1 Å². The van der Waals surface area contributed by atoms with Crippen LogP contribution in [0.25, 0.3) is 0 Å². The minimum Gasteiger partial charge on any atom is -0.454 e. The van der Waals surface area contributed by atoms with Gasteiger partial charge in [0.05, 0.1) is 0 Å². The molecule has 1 aliphatic rings. The zero-order valence-electron chi connectivity index (χ0n) is 19.2. The molecule has 7 nitrogen and oxygen atoms in total. The molecule has 3 unspecified atom stereocenters. The third-order valence-electron chi connectivity index (χ3n) is 5.89. The number of amides is 2. The Morgan fingerprint density at radius 2 is 1.48 bits per heavy atom. The van der Waals surface area contributed by atoms with E-state index in [1.54, 1.807) is 4.90 Å². The largest absolute Gasteiger partial charge is 0.454 e. The summed E-state index contributed by atoms with van der Waals surface area (Å²) in [4.78, 5) is 39.7. The molecule has 7 heteroatoms. The molecule has 33 heavy (non-hydrogen) atoms. The van der Waals surface area contributed by atoms with Crippen LogP contribution in [0.2, 0.25) is 0 Å². The number of ether oxygens (including phenoxy) is 2. The molecule has 1 heterocycles. The van der Waals surface area contributed by atoms with Crippen LogP contribution in [0.1, 0.15) is 44.2 Å². The summed E-state index contributed by atoms with van der Waals surface area (Å²) in [7, 11) is 0. The van der Waals surface area contributed by atoms with Gasteiger partial charge in [-0.15, -0.1) is 0 Å². The number of hydrogen-bond donors (Lipinski definition) is 1. The quantitative estimate of drug-likeness (QED) is 0.615. The molecule has 3 rings (SSSR count). The maximum absolute atomic E-state index is 12.8. The standard InChI is InChI=1S/C26H32N2O5/c1-19-10-9-11-20(2)28(19)24(29)18-32-25(30)23(16-21-12-5-3-6-13-21)27-26(31)33-17-22-14-7-4-8-15-22/h3-8,12-15,19-20,23H,9-11,16-18H2,1-2H3,(H,27,31). The normalized spacial score (nSPS) is 18.8. The summed E-state index contributed by atoms with van der Waals surface area (Å²) in [6.45, 7) is 3.76. The van der Waals surface area contributed by atoms with Gasteiger partial charge in [-0.1, -0.05) is 60.7 Å². The molecule has 3 atom stereocenters. The van der Waals surface area contributed by atoms with E-state index in [2.05, 4.69) is 5.32 Å². The predicted octanol–water partition coefficient (Wildman–Crippen LogP) is 3.86. The number of carbonyl (C=O) groups is 3. The maximum atomic E-state index is 12.8. The summed E-state index contributed by atoms with van der Waals surface area (Å²) in [6, 6.07) is 17.8. The van der Waals surface area contributed by atoms with Crippen LogP contribution in [-0.4, -0.2) is 47.6 Å². The van der Waals surface area contributed by atoms with Gasteiger partial charge in [-0.3, -0.25) is 4.79 Å². The Morgan fingerprint density at radius 1 is 0.909 bits per heavy atom. The predicted molar refractivity (Wildman–Crippen MR) is 124 cm³/mol. The number of nitrogens with one attached hydrogen (secondary N) is 1. The van der Waals surface area contributed by atoms with Crippen molar-refractivity contribution in [1.29, 1.82) is 0 Å². The molecule has 0 aromatic heterocycles. The summed E-state index contributed by atoms with van der Waals surface area (Å²) in [5, 5.41) is 2.60. The minimum absolute atomic E-state index is 0.0863. The number of piperidine rings is 1. The van der Waals surface area contributed by atoms with Crippen LogP contribution in [-0.2, 0) is 32.1 Å². The van der Waals surface area contributed by atoms with Gasteiger partial charge in [0, 0.05) is 18.5 Å². The van der Waals surface area contributed by atoms with Gasteiger partial charge in [0.25, 0.3) is 5.91 Å². The van der Waals surface area contributed by atoms with Crippen molar-refractivity contribution in [2.24, 2.45) is 0 Å². The van der Waals surface area contributed by atoms with Crippen molar-refractivity contribution in [3.63, 3.8) is 0 Å². The number of esters is 1. The highest BCUT2D eigenvalue weighted by molar-refractivity contribution is 5.85. The smallest absolute Gasteiger partial charge is 0.408 e. The van der Waals surface area contributed by atoms with E-state index in [1.807, 2.05) is 74.5 Å². The van der Waals surface area contributed by atoms with Crippen molar-refractivity contribution in [3.8, 4) is 0 Å². The SMILES string of the molecule is CC1CCCC(C)N1C(=O)COC(=O)C(Cc1ccccc1)NC(=O)OCc1ccccc1. The van der Waals surface area contributed by atoms with E-state index in [-0.39, 0.29) is 37.6 Å². The van der Waals surface area contributed by atoms with Crippen LogP contribution in [0.4, 0.5) is 4.79 Å². The van der Waals surface area contributed by atoms with E-state index in [9.17, 15) is 14.4 Å². The number of hydrogen-bond acceptors (Lipinski definition) is 5. The molecular weight excluding hydrogens is 420 g/mol. The highest BCUT2D eigenvalue weighted by atomic mass is 16.6. The fourth-order valence-electron chi connectivity index (χ4n) is 4.17. The summed E-state index contributed by atoms with van der Waals surface area (Å²) in [6.07, 6.45) is 2.47. The number of alkyl carbamates (subject to hydrolysis) is 1. The number of rotatable bonds is 8. The summed E-state index contributed by atoms with van der Waals surface area (Å²) in [5.74, 6) is -0.880. The Morgan fingerprint density at radius 3 is 2.09 bits per heavy atom. The topological polar surface area (TPSA) is 84.9 Å². The Balaban J connectivity index is 1.59. The Labute approximate surface area is 195 Å². The zero-order chi connectivity index (χ0) is 23.6. The number of likely N-dealkylation sites (tertiary alicyclic amines) is 1. The first kappa shape index (κ1) is 24.3. The van der Waals surface area contributed by atoms with E-state index >= 15 is 0 Å². The molecule has 2 amide bonds. The van der Waals surface area contributed by atoms with E-state index in [0.717, 1.165) is 30.4 Å². The molecule has 2 aromatic carbocycles. The summed E-state index contributed by atoms with van der Waals surface area (Å²) in [5.41, 5.74) is 1.69. The Hall–Kier alpha value is -3.35. The second-order valence-electron chi connectivity index (χ2n) is 8.49. The minimum atomic E-state index is -0.973. The molecule has 0 bridgehead atoms. The van der Waals surface area contributed by atoms with Crippen LogP contribution in [0.15, 0.2) is 60.7 Å². The monoisotopic (exact) mass is 452 g/mol. The zero-order valence-corrected chi connectivity index (χ0v) is 19.2. The first-order chi connectivity index (χ1) is 15.9. The molecule has 1 aliphatic heterocycles. The lowest BCUT2D eigenvalue weighted by molar-refractivity contribution is -0.156. The van der Waals surface area contributed by atoms with Crippen molar-refractivity contribution in [3.05, 3.63) is 71.8 Å². The van der Waals surface area contributed by atoms with E-state index < -0.39 is 18.1 Å². The van der Waals surface area contributed by atoms with Gasteiger partial charge < -0.3 is 19.7 Å². The second-order valence-corrected chi connectivity index (χ2v) is 8.49. The molecule has 0 saturated carbocycles. The number of carbonyl (C=O) groups excluding carboxylic acids is 3. The van der Waals surface area contributed by atoms with Gasteiger partial charge in [-0.25, -0.2) is 9.59 Å². The molecule has 1 N–H and O–H groups in total. The lowest BCUT2D eigenvalue weighted by Crippen LogP contribution is -2.50. The molecule has 1 saturated heterocycles. The van der Waals surface area contributed by atoms with Gasteiger partial charge in [0.15, 0.2) is 6.61 Å². The van der Waals surface area contributed by atoms with Crippen LogP contribution in [0.3, 0.4) is 0 Å². The van der Waals surface area contributed by atoms with Gasteiger partial charge in [-0.05, 0) is 44.2 Å². The first-order valence-electron chi connectivity index (χ1n) is 11.4. The van der Waals surface area contributed by atoms with Crippen LogP contribution >= 0.6 is 0 Å². The van der Waals surface area contributed by atoms with E-state index in [0.29, 0.717) is 0 Å². The lowest BCUT2D eigenvalue weighted by atomic mass is 9.97. The molecule has 2 aromatic rings. The summed E-state index contributed by atoms with van der Waals surface area (Å²) < 4.78 is 10.6. The molecule has 0 spiro atoms. The van der Waals surface area contributed by atoms with Crippen molar-refractivity contribution >= 4 is 18.0 Å². The van der Waals surface area contributed by atoms with E-state index in [4.69, 9.17) is 9.47 Å². The van der Waals surface area contributed by atoms with Crippen molar-refractivity contribution in [1.82, 2.24) is 10.2 Å². The van der Waals surface area contributed by atoms with E-state index in [1.165, 1.54) is 0 Å². The first-order valence-corrected chi connectivity index (χ1v) is 11.4. The second kappa shape index (κ2) is 12.0. The van der Waals surface area contributed by atoms with Crippen LogP contribution in [0, 0.1) is 0 Å². The van der Waals surface area contributed by atoms with Crippen LogP contribution < -0.4 is 5.32 Å². The Bertz CT molecular complexity index is 909. The van der Waals surface area contributed by atoms with Crippen molar-refractivity contribution in [2.75, 3.05) is 6.61 Å². The Kier molecular flexibility index (Phi) is 8.87. The van der Waals surface area contributed by atoms with Crippen molar-refractivity contribution < 1.29 is 23.9 Å². The molecule has 176 valence electrons. The molecule has 1 fully saturated rings. The highest BCUT2D eigenvalue weighted by Crippen LogP contribution is 2.22. The fraction of sp³-hybridized carbons (Fsp3) is 0.423.